The Kier molecular flexibility index (Phi) is 3.37. The van der Waals surface area contributed by atoms with Crippen molar-refractivity contribution < 1.29 is 8.81 Å². The van der Waals surface area contributed by atoms with E-state index < -0.39 is 0 Å². The number of aromatic nitrogens is 1. The number of nitrogens with zero attached hydrogens (tertiary/aromatic N) is 1. The first kappa shape index (κ1) is 11.8. The molecule has 2 aromatic rings. The maximum Gasteiger partial charge on any atom is 0.256 e. The zero-order valence-electron chi connectivity index (χ0n) is 9.93. The molecule has 1 heterocycles. The minimum absolute atomic E-state index is 0.237. The van der Waals surface area contributed by atoms with Crippen LogP contribution in [0.25, 0.3) is 11.3 Å². The maximum atomic E-state index is 12.8. The van der Waals surface area contributed by atoms with Crippen LogP contribution in [0.4, 0.5) is 4.39 Å². The highest BCUT2D eigenvalue weighted by molar-refractivity contribution is 7.99. The molecule has 0 amide bonds. The molecule has 1 aliphatic carbocycles. The SMILES string of the molecule is Fc1ccc(-c2cnc(SC3CCCC3)o2)cc1. The zero-order chi connectivity index (χ0) is 12.4. The smallest absolute Gasteiger partial charge is 0.256 e. The van der Waals surface area contributed by atoms with E-state index in [1.54, 1.807) is 30.1 Å². The molecule has 4 heteroatoms. The number of hydrogen-bond donors (Lipinski definition) is 0. The van der Waals surface area contributed by atoms with E-state index in [9.17, 15) is 4.39 Å². The second-order valence-electron chi connectivity index (χ2n) is 4.52. The van der Waals surface area contributed by atoms with E-state index in [1.807, 2.05) is 0 Å². The van der Waals surface area contributed by atoms with Crippen molar-refractivity contribution in [1.29, 1.82) is 0 Å². The summed E-state index contributed by atoms with van der Waals surface area (Å²) in [6, 6.07) is 6.28. The van der Waals surface area contributed by atoms with Crippen molar-refractivity contribution in [3.63, 3.8) is 0 Å². The number of thioether (sulfide) groups is 1. The molecule has 0 saturated heterocycles. The lowest BCUT2D eigenvalue weighted by molar-refractivity contribution is 0.465. The third-order valence-corrected chi connectivity index (χ3v) is 4.38. The highest BCUT2D eigenvalue weighted by Gasteiger charge is 2.19. The van der Waals surface area contributed by atoms with E-state index >= 15 is 0 Å². The van der Waals surface area contributed by atoms with Gasteiger partial charge in [-0.05, 0) is 37.1 Å². The van der Waals surface area contributed by atoms with Crippen LogP contribution in [0.2, 0.25) is 0 Å². The largest absolute Gasteiger partial charge is 0.431 e. The molecule has 0 unspecified atom stereocenters. The highest BCUT2D eigenvalue weighted by atomic mass is 32.2. The van der Waals surface area contributed by atoms with Gasteiger partial charge in [-0.3, -0.25) is 0 Å². The van der Waals surface area contributed by atoms with Crippen LogP contribution in [-0.4, -0.2) is 10.2 Å². The lowest BCUT2D eigenvalue weighted by Crippen LogP contribution is -1.92. The Morgan fingerprint density at radius 3 is 2.61 bits per heavy atom. The van der Waals surface area contributed by atoms with Crippen LogP contribution in [0, 0.1) is 5.82 Å². The van der Waals surface area contributed by atoms with Crippen molar-refractivity contribution in [3.05, 3.63) is 36.3 Å². The van der Waals surface area contributed by atoms with Gasteiger partial charge in [0.15, 0.2) is 5.76 Å². The topological polar surface area (TPSA) is 26.0 Å². The molecular formula is C14H14FNOS. The van der Waals surface area contributed by atoms with Gasteiger partial charge in [-0.15, -0.1) is 0 Å². The summed E-state index contributed by atoms with van der Waals surface area (Å²) in [5.74, 6) is 0.467. The average Bonchev–Trinajstić information content (AvgIpc) is 3.02. The van der Waals surface area contributed by atoms with Crippen molar-refractivity contribution in [2.24, 2.45) is 0 Å². The molecule has 0 atom stereocenters. The maximum absolute atomic E-state index is 12.8. The van der Waals surface area contributed by atoms with Gasteiger partial charge in [0, 0.05) is 10.8 Å². The molecule has 0 N–H and O–H groups in total. The lowest BCUT2D eigenvalue weighted by atomic mass is 10.2. The summed E-state index contributed by atoms with van der Waals surface area (Å²) in [4.78, 5) is 4.28. The molecule has 1 fully saturated rings. The van der Waals surface area contributed by atoms with Gasteiger partial charge in [-0.2, -0.15) is 0 Å². The zero-order valence-corrected chi connectivity index (χ0v) is 10.8. The van der Waals surface area contributed by atoms with Gasteiger partial charge in [-0.25, -0.2) is 9.37 Å². The van der Waals surface area contributed by atoms with E-state index in [0.717, 1.165) is 10.8 Å². The van der Waals surface area contributed by atoms with Gasteiger partial charge in [-0.1, -0.05) is 24.6 Å². The van der Waals surface area contributed by atoms with Gasteiger partial charge >= 0.3 is 0 Å². The van der Waals surface area contributed by atoms with Crippen LogP contribution in [0.3, 0.4) is 0 Å². The normalized spacial score (nSPS) is 16.3. The number of oxazole rings is 1. The molecule has 1 aromatic carbocycles. The second kappa shape index (κ2) is 5.14. The molecule has 1 aromatic heterocycles. The standard InChI is InChI=1S/C14H14FNOS/c15-11-7-5-10(6-8-11)13-9-16-14(17-13)18-12-3-1-2-4-12/h5-9,12H,1-4H2. The van der Waals surface area contributed by atoms with Crippen molar-refractivity contribution >= 4 is 11.8 Å². The van der Waals surface area contributed by atoms with Crippen LogP contribution < -0.4 is 0 Å². The predicted octanol–water partition coefficient (Wildman–Crippen LogP) is 4.52. The first-order valence-corrected chi connectivity index (χ1v) is 7.08. The Bertz CT molecular complexity index is 517. The molecule has 94 valence electrons. The fourth-order valence-electron chi connectivity index (χ4n) is 2.21. The van der Waals surface area contributed by atoms with E-state index in [1.165, 1.54) is 37.8 Å². The van der Waals surface area contributed by atoms with Crippen molar-refractivity contribution in [2.75, 3.05) is 0 Å². The summed E-state index contributed by atoms with van der Waals surface area (Å²) in [6.45, 7) is 0. The molecule has 0 aliphatic heterocycles. The number of hydrogen-bond acceptors (Lipinski definition) is 3. The summed E-state index contributed by atoms with van der Waals surface area (Å²) in [7, 11) is 0. The van der Waals surface area contributed by atoms with Gasteiger partial charge in [0.2, 0.25) is 0 Å². The Hall–Kier alpha value is -1.29. The minimum atomic E-state index is -0.237. The van der Waals surface area contributed by atoms with Crippen LogP contribution in [0.1, 0.15) is 25.7 Å². The molecule has 2 nitrogen and oxygen atoms in total. The molecule has 1 aliphatic rings. The van der Waals surface area contributed by atoms with Crippen molar-refractivity contribution in [1.82, 2.24) is 4.98 Å². The molecule has 3 rings (SSSR count). The fraction of sp³-hybridized carbons (Fsp3) is 0.357. The van der Waals surface area contributed by atoms with Gasteiger partial charge < -0.3 is 4.42 Å². The third-order valence-electron chi connectivity index (χ3n) is 3.18. The van der Waals surface area contributed by atoms with Crippen LogP contribution >= 0.6 is 11.8 Å². The van der Waals surface area contributed by atoms with Crippen molar-refractivity contribution in [2.45, 2.75) is 36.2 Å². The van der Waals surface area contributed by atoms with Crippen LogP contribution in [-0.2, 0) is 0 Å². The van der Waals surface area contributed by atoms with E-state index in [0.29, 0.717) is 11.0 Å². The fourth-order valence-corrected chi connectivity index (χ4v) is 3.31. The monoisotopic (exact) mass is 263 g/mol. The lowest BCUT2D eigenvalue weighted by Gasteiger charge is -2.03. The number of rotatable bonds is 3. The quantitative estimate of drug-likeness (QED) is 0.814. The van der Waals surface area contributed by atoms with E-state index in [-0.39, 0.29) is 5.82 Å². The van der Waals surface area contributed by atoms with Gasteiger partial charge in [0.1, 0.15) is 5.82 Å². The minimum Gasteiger partial charge on any atom is -0.431 e. The Balaban J connectivity index is 1.74. The molecule has 0 radical (unpaired) electrons. The number of halogens is 1. The second-order valence-corrected chi connectivity index (χ2v) is 5.77. The Labute approximate surface area is 110 Å². The Morgan fingerprint density at radius 2 is 1.89 bits per heavy atom. The number of benzene rings is 1. The summed E-state index contributed by atoms with van der Waals surface area (Å²) in [5.41, 5.74) is 0.863. The molecule has 1 saturated carbocycles. The molecule has 0 spiro atoms. The van der Waals surface area contributed by atoms with Gasteiger partial charge in [0.05, 0.1) is 6.20 Å². The Morgan fingerprint density at radius 1 is 1.17 bits per heavy atom. The summed E-state index contributed by atoms with van der Waals surface area (Å²) in [5, 5.41) is 1.37. The predicted molar refractivity (Wildman–Crippen MR) is 70.0 cm³/mol. The summed E-state index contributed by atoms with van der Waals surface area (Å²) < 4.78 is 18.5. The van der Waals surface area contributed by atoms with Gasteiger partial charge in [0.25, 0.3) is 5.22 Å². The first-order chi connectivity index (χ1) is 8.81. The molecule has 18 heavy (non-hydrogen) atoms. The van der Waals surface area contributed by atoms with E-state index in [4.69, 9.17) is 4.42 Å². The van der Waals surface area contributed by atoms with Crippen molar-refractivity contribution in [3.8, 4) is 11.3 Å². The third kappa shape index (κ3) is 2.58. The van der Waals surface area contributed by atoms with Crippen LogP contribution in [0.15, 0.2) is 40.1 Å². The molecular weight excluding hydrogens is 249 g/mol. The highest BCUT2D eigenvalue weighted by Crippen LogP contribution is 2.35. The molecule has 0 bridgehead atoms. The first-order valence-electron chi connectivity index (χ1n) is 6.20. The van der Waals surface area contributed by atoms with E-state index in [2.05, 4.69) is 4.98 Å². The summed E-state index contributed by atoms with van der Waals surface area (Å²) in [6.07, 6.45) is 6.83. The summed E-state index contributed by atoms with van der Waals surface area (Å²) >= 11 is 1.72. The average molecular weight is 263 g/mol. The van der Waals surface area contributed by atoms with Crippen LogP contribution in [0.5, 0.6) is 0 Å².